The van der Waals surface area contributed by atoms with E-state index in [1.54, 1.807) is 0 Å². The average molecular weight is 2060 g/mol. The highest BCUT2D eigenvalue weighted by molar-refractivity contribution is 5.81. The molecule has 858 valence electrons. The molecule has 0 aliphatic heterocycles. The van der Waals surface area contributed by atoms with Crippen LogP contribution >= 0.6 is 0 Å². The second-order valence-corrected chi connectivity index (χ2v) is 40.2. The van der Waals surface area contributed by atoms with E-state index in [0.717, 1.165) is 124 Å². The van der Waals surface area contributed by atoms with Gasteiger partial charge in [0.05, 0.1) is 175 Å². The summed E-state index contributed by atoms with van der Waals surface area (Å²) in [5.41, 5.74) is 67.3. The van der Waals surface area contributed by atoms with Gasteiger partial charge >= 0.3 is 0 Å². The number of ether oxygens (including phenoxy) is 13. The lowest BCUT2D eigenvalue weighted by Gasteiger charge is -2.24. The summed E-state index contributed by atoms with van der Waals surface area (Å²) in [4.78, 5) is 0. The molecule has 0 spiro atoms. The van der Waals surface area contributed by atoms with Crippen LogP contribution in [-0.2, 0) is 61.6 Å². The van der Waals surface area contributed by atoms with Crippen LogP contribution in [0.25, 0.3) is 0 Å². The minimum atomic E-state index is -0.276. The molecule has 0 amide bonds. The smallest absolute Gasteiger partial charge is 0.0934 e. The molecule has 0 heterocycles. The molecule has 0 aromatic carbocycles. The van der Waals surface area contributed by atoms with Crippen molar-refractivity contribution in [2.75, 3.05) is 92.5 Å². The van der Waals surface area contributed by atoms with Gasteiger partial charge < -0.3 is 136 Å². The predicted molar refractivity (Wildman–Crippen MR) is 609 cm³/mol. The summed E-state index contributed by atoms with van der Waals surface area (Å²) >= 11 is 0. The fourth-order valence-corrected chi connectivity index (χ4v) is 10.1. The lowest BCUT2D eigenvalue weighted by molar-refractivity contribution is -0.0163. The fourth-order valence-electron chi connectivity index (χ4n) is 10.1. The largest absolute Gasteiger partial charge is 0.388 e. The highest BCUT2D eigenvalue weighted by Gasteiger charge is 2.21. The van der Waals surface area contributed by atoms with Crippen LogP contribution < -0.4 is 74.5 Å². The normalized spacial score (nSPS) is 12.7. The van der Waals surface area contributed by atoms with E-state index in [4.69, 9.17) is 206 Å². The van der Waals surface area contributed by atoms with Crippen LogP contribution in [0.3, 0.4) is 0 Å². The first-order chi connectivity index (χ1) is 65.7. The SMILES string of the molecule is CC(C)C(C)OCCC(=N)N.CC(C)CCOCCC(=N)N.CC(C)COC(C)CC(=N)N.CC(C)COCCCC(=N)N.CC(C)OC(C)CCC(=N)N.CC(C)OCCCCC(=N)N.CC(COC(C)C)CC(=N)N.CCC(C)(C)OCCC(=N)N.CCC(C)OC(C)CC(=N)N.CCCOC(C)(C)CC(=N)N.CCOC(C)C(C)CC(=N)N.CCOC(C)CCCC(=N)N.CCOCC(C)(C)CC(=N)N. The molecule has 0 rings (SSSR count). The van der Waals surface area contributed by atoms with E-state index in [-0.39, 0.29) is 141 Å². The van der Waals surface area contributed by atoms with Gasteiger partial charge in [-0.1, -0.05) is 104 Å². The van der Waals surface area contributed by atoms with Crippen molar-refractivity contribution in [3.63, 3.8) is 0 Å². The maximum atomic E-state index is 7.11. The van der Waals surface area contributed by atoms with E-state index in [1.807, 2.05) is 166 Å². The molecule has 143 heavy (non-hydrogen) atoms. The van der Waals surface area contributed by atoms with Crippen LogP contribution in [0.15, 0.2) is 0 Å². The number of rotatable bonds is 69. The van der Waals surface area contributed by atoms with Crippen molar-refractivity contribution in [1.82, 2.24) is 0 Å². The van der Waals surface area contributed by atoms with Gasteiger partial charge in [-0.2, -0.15) is 0 Å². The van der Waals surface area contributed by atoms with Crippen LogP contribution in [0.2, 0.25) is 0 Å². The Labute approximate surface area is 873 Å². The van der Waals surface area contributed by atoms with Crippen molar-refractivity contribution in [2.24, 2.45) is 115 Å². The fraction of sp³-hybridized carbons (Fsp3) is 0.875. The molecule has 0 aliphatic rings. The Morgan fingerprint density at radius 1 is 0.273 bits per heavy atom. The van der Waals surface area contributed by atoms with Crippen LogP contribution in [0.4, 0.5) is 0 Å². The zero-order valence-electron chi connectivity index (χ0n) is 97.7. The van der Waals surface area contributed by atoms with Crippen LogP contribution in [0, 0.1) is 111 Å². The molecule has 0 saturated heterocycles. The van der Waals surface area contributed by atoms with Gasteiger partial charge in [0.2, 0.25) is 0 Å². The first-order valence-electron chi connectivity index (χ1n) is 52.0. The molecule has 0 aliphatic carbocycles. The Balaban J connectivity index is -0.000000116. The van der Waals surface area contributed by atoms with Gasteiger partial charge in [-0.15, -0.1) is 0 Å². The highest BCUT2D eigenvalue weighted by Crippen LogP contribution is 2.21. The van der Waals surface area contributed by atoms with E-state index in [1.165, 1.54) is 0 Å². The quantitative estimate of drug-likeness (QED) is 0.0153. The maximum Gasteiger partial charge on any atom is 0.0934 e. The van der Waals surface area contributed by atoms with Crippen molar-refractivity contribution in [2.45, 2.75) is 462 Å². The molecule has 9 unspecified atom stereocenters. The van der Waals surface area contributed by atoms with E-state index in [2.05, 4.69) is 76.2 Å². The van der Waals surface area contributed by atoms with E-state index in [0.29, 0.717) is 164 Å². The molecule has 0 fully saturated rings. The Kier molecular flexibility index (Phi) is 126. The van der Waals surface area contributed by atoms with E-state index in [9.17, 15) is 0 Å². The number of unbranched alkanes of at least 4 members (excludes halogenated alkanes) is 1. The molecule has 0 saturated carbocycles. The monoisotopic (exact) mass is 2060 g/mol. The molecular weight excluding hydrogens is 1820 g/mol. The van der Waals surface area contributed by atoms with E-state index < -0.39 is 0 Å². The van der Waals surface area contributed by atoms with Crippen LogP contribution in [-0.4, -0.2) is 241 Å². The standard InChI is InChI=1S/13C8H18N2O/c1-6(2)11-5-7(3)4-8(9)10;1-6(2)5-11-7(3)4-8(9)10;1-6(2)7(3)11-5-4-8(9)10;1-6(2)11-7(3)4-5-8(9)10;1-7(2)3-5-11-6-4-8(9)10;1-7(2)6-11-5-3-4-8(9)10;1-7(2)11-6-4-3-5-8(9)10;1-4-11-6-8(2,3)5-7(9)10;1-4-8(2,3)11-6-5-7(9)10;1-4-11-7(3)6(2)5-8(9)10;1-4-6(2)11-7(3)5-8(9)10;1-4-5-11-8(2,3)6-7(9)10;1-3-11-7(2)5-4-6-8(9)10/h4*6-7H,4-5H2,1-3H3,(H3,9,10);3*7H,3-6H2,1-2H3,(H3,9,10);2*4-6H2,1-3H3,(H3,9,10);2*6-7H,4-5H2,1-3H3,(H3,9,10);4-6H2,1-3H3,(H3,9,10);7H,3-6H2,1-2H3,(H3,9,10). The molecular formula is C104H234N26O13. The average Bonchev–Trinajstić information content (AvgIpc) is 0.941. The van der Waals surface area contributed by atoms with Crippen molar-refractivity contribution >= 4 is 75.9 Å². The molecule has 0 radical (unpaired) electrons. The van der Waals surface area contributed by atoms with E-state index >= 15 is 0 Å². The number of hydrogen-bond acceptors (Lipinski definition) is 26. The summed E-state index contributed by atoms with van der Waals surface area (Å²) in [5, 5.41) is 91.0. The lowest BCUT2D eigenvalue weighted by Crippen LogP contribution is -2.31. The second kappa shape index (κ2) is 110. The topological polar surface area (TPSA) is 768 Å². The van der Waals surface area contributed by atoms with Gasteiger partial charge in [0.1, 0.15) is 0 Å². The van der Waals surface area contributed by atoms with Crippen LogP contribution in [0.1, 0.15) is 390 Å². The number of amidine groups is 13. The zero-order valence-corrected chi connectivity index (χ0v) is 97.7. The van der Waals surface area contributed by atoms with Gasteiger partial charge in [-0.25, -0.2) is 0 Å². The molecule has 39 N–H and O–H groups in total. The molecule has 0 aromatic rings. The summed E-state index contributed by atoms with van der Waals surface area (Å²) in [5.74, 6) is 5.96. The molecule has 39 heteroatoms. The number of nitrogens with one attached hydrogen (secondary N) is 13. The summed E-state index contributed by atoms with van der Waals surface area (Å²) in [6.45, 7) is 81.1. The van der Waals surface area contributed by atoms with Crippen molar-refractivity contribution in [3.8, 4) is 0 Å². The molecule has 0 aromatic heterocycles. The Morgan fingerprint density at radius 3 is 1.10 bits per heavy atom. The summed E-state index contributed by atoms with van der Waals surface area (Å²) in [6, 6.07) is 0. The minimum Gasteiger partial charge on any atom is -0.388 e. The third-order valence-electron chi connectivity index (χ3n) is 18.6. The van der Waals surface area contributed by atoms with Crippen molar-refractivity contribution in [1.29, 1.82) is 70.3 Å². The Hall–Kier alpha value is -7.41. The van der Waals surface area contributed by atoms with Gasteiger partial charge in [0.15, 0.2) is 0 Å². The van der Waals surface area contributed by atoms with Crippen molar-refractivity contribution in [3.05, 3.63) is 0 Å². The second-order valence-electron chi connectivity index (χ2n) is 40.2. The molecule has 9 atom stereocenters. The zero-order chi connectivity index (χ0) is 115. The Bertz CT molecular complexity index is 2900. The first kappa shape index (κ1) is 163. The molecule has 0 bridgehead atoms. The maximum absolute atomic E-state index is 7.11. The summed E-state index contributed by atoms with van der Waals surface area (Å²) < 4.78 is 69.8. The van der Waals surface area contributed by atoms with Crippen LogP contribution in [0.5, 0.6) is 0 Å². The van der Waals surface area contributed by atoms with Gasteiger partial charge in [0.25, 0.3) is 0 Å². The number of hydrogen-bond donors (Lipinski definition) is 26. The van der Waals surface area contributed by atoms with Gasteiger partial charge in [-0.05, 0) is 244 Å². The summed E-state index contributed by atoms with van der Waals surface area (Å²) in [7, 11) is 0. The van der Waals surface area contributed by atoms with Gasteiger partial charge in [0, 0.05) is 150 Å². The first-order valence-corrected chi connectivity index (χ1v) is 52.0. The minimum absolute atomic E-state index is 0.00183. The number of nitrogens with two attached hydrogens (primary N) is 13. The highest BCUT2D eigenvalue weighted by atomic mass is 16.5. The predicted octanol–water partition coefficient (Wildman–Crippen LogP) is 18.7. The summed E-state index contributed by atoms with van der Waals surface area (Å²) in [6.07, 6.45) is 19.6. The Morgan fingerprint density at radius 2 is 0.713 bits per heavy atom. The third kappa shape index (κ3) is 183. The third-order valence-corrected chi connectivity index (χ3v) is 18.6. The lowest BCUT2D eigenvalue weighted by atomic mass is 9.90. The van der Waals surface area contributed by atoms with Crippen molar-refractivity contribution < 1.29 is 61.6 Å². The van der Waals surface area contributed by atoms with Gasteiger partial charge in [-0.3, -0.25) is 70.3 Å². The molecule has 39 nitrogen and oxygen atoms in total.